The molecule has 2 N–H and O–H groups in total. The highest BCUT2D eigenvalue weighted by atomic mass is 32.2. The number of aliphatic hydroxyl groups excluding tert-OH is 1. The minimum absolute atomic E-state index is 0.0258. The first-order chi connectivity index (χ1) is 17.9. The van der Waals surface area contributed by atoms with Crippen LogP contribution in [0.3, 0.4) is 0 Å². The molecule has 1 amide bonds. The number of benzene rings is 1. The van der Waals surface area contributed by atoms with E-state index in [1.54, 1.807) is 35.5 Å². The van der Waals surface area contributed by atoms with Gasteiger partial charge in [-0.15, -0.1) is 0 Å². The zero-order chi connectivity index (χ0) is 27.6. The third-order valence-electron chi connectivity index (χ3n) is 6.96. The number of aliphatic hydroxyl groups is 1. The van der Waals surface area contributed by atoms with Gasteiger partial charge in [0.1, 0.15) is 16.4 Å². The number of rotatable bonds is 3. The molecule has 1 fully saturated rings. The maximum Gasteiger partial charge on any atom is 0.244 e. The summed E-state index contributed by atoms with van der Waals surface area (Å²) in [6.07, 6.45) is 4.51. The standard InChI is InChI=1S/C25H34N4O7S2/c1-28-15-21(30)14-27-38(34,35)23-6-5-19(20-4-3-9-26-13-20)12-22(23)36-18-25(17-28)7-10-29(11-8-25)24(31)16-37(2,32)33/h3-6,9,12-13,21,27,30H,7-8,10-11,14-18H2,1-2H3. The van der Waals surface area contributed by atoms with E-state index in [1.807, 2.05) is 18.0 Å². The molecule has 0 radical (unpaired) electrons. The highest BCUT2D eigenvalue weighted by molar-refractivity contribution is 7.91. The lowest BCUT2D eigenvalue weighted by Gasteiger charge is -2.44. The molecule has 38 heavy (non-hydrogen) atoms. The molecule has 1 aromatic heterocycles. The lowest BCUT2D eigenvalue weighted by molar-refractivity contribution is -0.131. The fraction of sp³-hybridized carbons (Fsp3) is 0.520. The number of nitrogens with one attached hydrogen (secondary N) is 1. The van der Waals surface area contributed by atoms with E-state index in [1.165, 1.54) is 6.07 Å². The van der Waals surface area contributed by atoms with Crippen molar-refractivity contribution in [3.05, 3.63) is 42.7 Å². The summed E-state index contributed by atoms with van der Waals surface area (Å²) in [6.45, 7) is 1.53. The molecule has 2 aliphatic heterocycles. The number of carbonyl (C=O) groups excluding carboxylic acids is 1. The van der Waals surface area contributed by atoms with E-state index in [4.69, 9.17) is 4.74 Å². The number of carbonyl (C=O) groups is 1. The smallest absolute Gasteiger partial charge is 0.244 e. The van der Waals surface area contributed by atoms with Crippen molar-refractivity contribution < 1.29 is 31.5 Å². The summed E-state index contributed by atoms with van der Waals surface area (Å²) >= 11 is 0. The fourth-order valence-electron chi connectivity index (χ4n) is 5.03. The Hall–Kier alpha value is -2.58. The van der Waals surface area contributed by atoms with Gasteiger partial charge in [0.15, 0.2) is 9.84 Å². The Morgan fingerprint density at radius 1 is 1.24 bits per heavy atom. The van der Waals surface area contributed by atoms with Gasteiger partial charge in [0.25, 0.3) is 0 Å². The molecule has 0 bridgehead atoms. The van der Waals surface area contributed by atoms with Crippen LogP contribution in [0.4, 0.5) is 0 Å². The van der Waals surface area contributed by atoms with Crippen LogP contribution < -0.4 is 9.46 Å². The van der Waals surface area contributed by atoms with Gasteiger partial charge in [0.2, 0.25) is 15.9 Å². The number of piperidine rings is 1. The Labute approximate surface area is 223 Å². The zero-order valence-electron chi connectivity index (χ0n) is 21.5. The Bertz CT molecular complexity index is 1360. The number of amides is 1. The van der Waals surface area contributed by atoms with Crippen LogP contribution in [0.25, 0.3) is 11.1 Å². The van der Waals surface area contributed by atoms with Crippen molar-refractivity contribution in [1.29, 1.82) is 0 Å². The number of sulfone groups is 1. The van der Waals surface area contributed by atoms with Crippen molar-refractivity contribution in [1.82, 2.24) is 19.5 Å². The SMILES string of the molecule is CN1CC(O)CNS(=O)(=O)c2ccc(-c3cccnc3)cc2OCC2(CCN(C(=O)CS(C)(=O)=O)CC2)C1. The summed E-state index contributed by atoms with van der Waals surface area (Å²) in [7, 11) is -5.57. The van der Waals surface area contributed by atoms with Gasteiger partial charge in [-0.1, -0.05) is 12.1 Å². The first-order valence-electron chi connectivity index (χ1n) is 12.3. The lowest BCUT2D eigenvalue weighted by atomic mass is 9.78. The van der Waals surface area contributed by atoms with Crippen molar-refractivity contribution in [2.45, 2.75) is 23.8 Å². The van der Waals surface area contributed by atoms with Crippen molar-refractivity contribution in [3.8, 4) is 16.9 Å². The molecule has 3 heterocycles. The summed E-state index contributed by atoms with van der Waals surface area (Å²) in [6, 6.07) is 8.52. The molecule has 11 nitrogen and oxygen atoms in total. The lowest BCUT2D eigenvalue weighted by Crippen LogP contribution is -2.52. The topological polar surface area (TPSA) is 146 Å². The predicted octanol–water partition coefficient (Wildman–Crippen LogP) is 0.365. The molecule has 13 heteroatoms. The number of ether oxygens (including phenoxy) is 1. The molecule has 1 saturated heterocycles. The van der Waals surface area contributed by atoms with Gasteiger partial charge in [-0.05, 0) is 43.7 Å². The van der Waals surface area contributed by atoms with Crippen LogP contribution in [-0.2, 0) is 24.7 Å². The molecule has 0 aliphatic carbocycles. The van der Waals surface area contributed by atoms with Crippen LogP contribution in [0.2, 0.25) is 0 Å². The van der Waals surface area contributed by atoms with Crippen LogP contribution >= 0.6 is 0 Å². The Morgan fingerprint density at radius 3 is 2.63 bits per heavy atom. The average Bonchev–Trinajstić information content (AvgIpc) is 2.85. The maximum absolute atomic E-state index is 13.2. The molecule has 1 unspecified atom stereocenters. The largest absolute Gasteiger partial charge is 0.492 e. The van der Waals surface area contributed by atoms with Crippen molar-refractivity contribution in [3.63, 3.8) is 0 Å². The number of hydrogen-bond acceptors (Lipinski definition) is 9. The summed E-state index contributed by atoms with van der Waals surface area (Å²) < 4.78 is 58.3. The second-order valence-corrected chi connectivity index (χ2v) is 14.2. The zero-order valence-corrected chi connectivity index (χ0v) is 23.2. The van der Waals surface area contributed by atoms with Crippen LogP contribution in [0.1, 0.15) is 12.8 Å². The molecule has 208 valence electrons. The highest BCUT2D eigenvalue weighted by Crippen LogP contribution is 2.36. The van der Waals surface area contributed by atoms with E-state index in [9.17, 15) is 26.7 Å². The van der Waals surface area contributed by atoms with Gasteiger partial charge in [0, 0.05) is 62.4 Å². The third kappa shape index (κ3) is 7.08. The second-order valence-electron chi connectivity index (χ2n) is 10.3. The first kappa shape index (κ1) is 28.4. The number of pyridine rings is 1. The number of aromatic nitrogens is 1. The number of sulfonamides is 1. The maximum atomic E-state index is 13.2. The molecule has 1 atom stereocenters. The van der Waals surface area contributed by atoms with Crippen LogP contribution in [-0.4, -0.2) is 107 Å². The average molecular weight is 567 g/mol. The number of nitrogens with zero attached hydrogens (tertiary/aromatic N) is 3. The van der Waals surface area contributed by atoms with Crippen LogP contribution in [0.15, 0.2) is 47.6 Å². The Kier molecular flexibility index (Phi) is 8.43. The van der Waals surface area contributed by atoms with E-state index in [2.05, 4.69) is 9.71 Å². The molecular formula is C25H34N4O7S2. The van der Waals surface area contributed by atoms with Crippen LogP contribution in [0, 0.1) is 5.41 Å². The Balaban J connectivity index is 1.65. The van der Waals surface area contributed by atoms with Gasteiger partial charge < -0.3 is 19.6 Å². The second kappa shape index (κ2) is 11.3. The molecule has 2 aromatic rings. The number of likely N-dealkylation sites (tertiary alicyclic amines) is 1. The van der Waals surface area contributed by atoms with Gasteiger partial charge in [0.05, 0.1) is 12.7 Å². The minimum Gasteiger partial charge on any atom is -0.492 e. The predicted molar refractivity (Wildman–Crippen MR) is 142 cm³/mol. The van der Waals surface area contributed by atoms with Crippen molar-refractivity contribution >= 4 is 25.8 Å². The van der Waals surface area contributed by atoms with Gasteiger partial charge in [-0.25, -0.2) is 21.6 Å². The van der Waals surface area contributed by atoms with Crippen LogP contribution in [0.5, 0.6) is 5.75 Å². The Morgan fingerprint density at radius 2 is 1.97 bits per heavy atom. The van der Waals surface area contributed by atoms with Crippen molar-refractivity contribution in [2.24, 2.45) is 5.41 Å². The molecular weight excluding hydrogens is 532 g/mol. The van der Waals surface area contributed by atoms with E-state index in [0.717, 1.165) is 17.4 Å². The first-order valence-corrected chi connectivity index (χ1v) is 15.9. The normalized spacial score (nSPS) is 22.5. The number of hydrogen-bond donors (Lipinski definition) is 2. The molecule has 0 saturated carbocycles. The quantitative estimate of drug-likeness (QED) is 0.538. The molecule has 1 spiro atoms. The monoisotopic (exact) mass is 566 g/mol. The summed E-state index contributed by atoms with van der Waals surface area (Å²) in [5, 5.41) is 10.5. The number of β-amino-alcohol motifs (C(OH)–C–C–N with tert-alkyl or cyclic N) is 1. The minimum atomic E-state index is -3.98. The molecule has 1 aromatic carbocycles. The molecule has 2 aliphatic rings. The van der Waals surface area contributed by atoms with Gasteiger partial charge >= 0.3 is 0 Å². The highest BCUT2D eigenvalue weighted by Gasteiger charge is 2.39. The summed E-state index contributed by atoms with van der Waals surface area (Å²) in [4.78, 5) is 20.1. The summed E-state index contributed by atoms with van der Waals surface area (Å²) in [5.41, 5.74) is 1.10. The van der Waals surface area contributed by atoms with Gasteiger partial charge in [-0.3, -0.25) is 9.78 Å². The van der Waals surface area contributed by atoms with Gasteiger partial charge in [-0.2, -0.15) is 0 Å². The number of fused-ring (bicyclic) bond motifs is 1. The van der Waals surface area contributed by atoms with E-state index < -0.39 is 43.0 Å². The fourth-order valence-corrected chi connectivity index (χ4v) is 6.85. The van der Waals surface area contributed by atoms with E-state index in [-0.39, 0.29) is 30.3 Å². The van der Waals surface area contributed by atoms with E-state index >= 15 is 0 Å². The third-order valence-corrected chi connectivity index (χ3v) is 9.20. The molecule has 4 rings (SSSR count). The van der Waals surface area contributed by atoms with Crippen molar-refractivity contribution in [2.75, 3.05) is 58.4 Å². The summed E-state index contributed by atoms with van der Waals surface area (Å²) in [5.74, 6) is -0.770. The number of likely N-dealkylation sites (N-methyl/N-ethyl adjacent to an activating group) is 1. The van der Waals surface area contributed by atoms with E-state index in [0.29, 0.717) is 32.5 Å².